The van der Waals surface area contributed by atoms with Crippen molar-refractivity contribution in [3.8, 4) is 6.07 Å². The fraction of sp³-hybridized carbons (Fsp3) is 0.333. The molecule has 0 aliphatic heterocycles. The number of nitrogens with zero attached hydrogens (tertiary/aromatic N) is 1. The highest BCUT2D eigenvalue weighted by Gasteiger charge is 2.05. The van der Waals surface area contributed by atoms with E-state index in [1.807, 2.05) is 19.9 Å². The molecule has 16 heavy (non-hydrogen) atoms. The van der Waals surface area contributed by atoms with Crippen LogP contribution in [0.25, 0.3) is 0 Å². The molecular weight excluding hydrogens is 204 g/mol. The fourth-order valence-corrected chi connectivity index (χ4v) is 1.03. The topological polar surface area (TPSA) is 62.1 Å². The van der Waals surface area contributed by atoms with Crippen LogP contribution in [-0.2, 0) is 4.84 Å². The summed E-state index contributed by atoms with van der Waals surface area (Å²) in [6.45, 7) is 4.46. The summed E-state index contributed by atoms with van der Waals surface area (Å²) in [6.07, 6.45) is 0. The average Bonchev–Trinajstić information content (AvgIpc) is 2.28. The van der Waals surface area contributed by atoms with Gasteiger partial charge in [0.1, 0.15) is 0 Å². The molecule has 0 unspecified atom stereocenters. The Morgan fingerprint density at radius 1 is 1.44 bits per heavy atom. The second-order valence-corrected chi connectivity index (χ2v) is 3.83. The number of carbonyl (C=O) groups excluding carboxylic acids is 1. The monoisotopic (exact) mass is 218 g/mol. The minimum atomic E-state index is -0.301. The molecule has 1 rings (SSSR count). The highest BCUT2D eigenvalue weighted by Crippen LogP contribution is 2.03. The number of carbonyl (C=O) groups is 1. The van der Waals surface area contributed by atoms with Crippen molar-refractivity contribution in [3.05, 3.63) is 35.4 Å². The number of hydroxylamine groups is 1. The number of amides is 1. The third-order valence-corrected chi connectivity index (χ3v) is 1.86. The van der Waals surface area contributed by atoms with E-state index < -0.39 is 0 Å². The Kier molecular flexibility index (Phi) is 4.49. The number of rotatable bonds is 4. The molecule has 1 aromatic rings. The zero-order chi connectivity index (χ0) is 12.0. The Balaban J connectivity index is 2.50. The van der Waals surface area contributed by atoms with Crippen LogP contribution in [0.4, 0.5) is 0 Å². The summed E-state index contributed by atoms with van der Waals surface area (Å²) in [4.78, 5) is 16.5. The van der Waals surface area contributed by atoms with Gasteiger partial charge in [0.05, 0.1) is 18.2 Å². The molecule has 0 aromatic heterocycles. The number of hydrogen-bond acceptors (Lipinski definition) is 3. The van der Waals surface area contributed by atoms with Crippen LogP contribution >= 0.6 is 0 Å². The van der Waals surface area contributed by atoms with Crippen molar-refractivity contribution in [2.45, 2.75) is 13.8 Å². The Labute approximate surface area is 94.8 Å². The lowest BCUT2D eigenvalue weighted by atomic mass is 10.1. The molecule has 1 aromatic carbocycles. The Bertz CT molecular complexity index is 390. The van der Waals surface area contributed by atoms with Gasteiger partial charge in [-0.2, -0.15) is 5.26 Å². The maximum Gasteiger partial charge on any atom is 0.274 e. The predicted octanol–water partition coefficient (Wildman–Crippen LogP) is 1.88. The van der Waals surface area contributed by atoms with Gasteiger partial charge in [-0.3, -0.25) is 9.63 Å². The first-order valence-electron chi connectivity index (χ1n) is 5.05. The zero-order valence-electron chi connectivity index (χ0n) is 9.36. The first-order chi connectivity index (χ1) is 7.63. The quantitative estimate of drug-likeness (QED) is 0.785. The Morgan fingerprint density at radius 3 is 2.56 bits per heavy atom. The van der Waals surface area contributed by atoms with E-state index in [0.29, 0.717) is 23.7 Å². The number of nitriles is 1. The maximum atomic E-state index is 11.5. The normalized spacial score (nSPS) is 9.88. The second-order valence-electron chi connectivity index (χ2n) is 3.83. The maximum absolute atomic E-state index is 11.5. The Hall–Kier alpha value is -1.86. The van der Waals surface area contributed by atoms with Crippen molar-refractivity contribution < 1.29 is 9.63 Å². The molecule has 0 saturated heterocycles. The molecule has 4 heteroatoms. The molecule has 0 heterocycles. The number of hydrogen-bond donors (Lipinski definition) is 1. The molecule has 0 saturated carbocycles. The second kappa shape index (κ2) is 5.89. The van der Waals surface area contributed by atoms with E-state index in [-0.39, 0.29) is 5.91 Å². The van der Waals surface area contributed by atoms with Crippen molar-refractivity contribution >= 4 is 5.91 Å². The summed E-state index contributed by atoms with van der Waals surface area (Å²) in [5, 5.41) is 8.59. The summed E-state index contributed by atoms with van der Waals surface area (Å²) in [7, 11) is 0. The van der Waals surface area contributed by atoms with Crippen LogP contribution in [0, 0.1) is 17.2 Å². The van der Waals surface area contributed by atoms with Crippen molar-refractivity contribution in [2.24, 2.45) is 5.92 Å². The highest BCUT2D eigenvalue weighted by atomic mass is 16.6. The van der Waals surface area contributed by atoms with Gasteiger partial charge in [-0.1, -0.05) is 13.8 Å². The lowest BCUT2D eigenvalue weighted by Crippen LogP contribution is -2.25. The molecule has 0 aliphatic carbocycles. The molecule has 0 atom stereocenters. The van der Waals surface area contributed by atoms with Gasteiger partial charge in [0.2, 0.25) is 0 Å². The molecule has 0 bridgehead atoms. The number of benzene rings is 1. The SMILES string of the molecule is CC(C)CONC(=O)c1ccc(C#N)cc1. The predicted molar refractivity (Wildman–Crippen MR) is 59.4 cm³/mol. The minimum Gasteiger partial charge on any atom is -0.273 e. The summed E-state index contributed by atoms with van der Waals surface area (Å²) >= 11 is 0. The van der Waals surface area contributed by atoms with Crippen LogP contribution in [0.3, 0.4) is 0 Å². The van der Waals surface area contributed by atoms with Gasteiger partial charge < -0.3 is 0 Å². The lowest BCUT2D eigenvalue weighted by molar-refractivity contribution is 0.0208. The molecule has 0 fully saturated rings. The summed E-state index contributed by atoms with van der Waals surface area (Å²) in [6, 6.07) is 8.36. The zero-order valence-corrected chi connectivity index (χ0v) is 9.36. The van der Waals surface area contributed by atoms with Gasteiger partial charge in [-0.25, -0.2) is 5.48 Å². The average molecular weight is 218 g/mol. The molecule has 84 valence electrons. The molecule has 0 aliphatic rings. The first-order valence-corrected chi connectivity index (χ1v) is 5.05. The van der Waals surface area contributed by atoms with E-state index in [2.05, 4.69) is 5.48 Å². The van der Waals surface area contributed by atoms with Gasteiger partial charge >= 0.3 is 0 Å². The van der Waals surface area contributed by atoms with Gasteiger partial charge in [0, 0.05) is 5.56 Å². The molecule has 1 amide bonds. The van der Waals surface area contributed by atoms with Crippen molar-refractivity contribution in [3.63, 3.8) is 0 Å². The van der Waals surface area contributed by atoms with Crippen LogP contribution in [-0.4, -0.2) is 12.5 Å². The molecule has 0 radical (unpaired) electrons. The standard InChI is InChI=1S/C12H14N2O2/c1-9(2)8-16-14-12(15)11-5-3-10(7-13)4-6-11/h3-6,9H,8H2,1-2H3,(H,14,15). The molecule has 0 spiro atoms. The van der Waals surface area contributed by atoms with E-state index in [0.717, 1.165) is 0 Å². The summed E-state index contributed by atoms with van der Waals surface area (Å²) in [5.41, 5.74) is 3.35. The van der Waals surface area contributed by atoms with E-state index in [1.165, 1.54) is 0 Å². The van der Waals surface area contributed by atoms with Crippen LogP contribution in [0.2, 0.25) is 0 Å². The summed E-state index contributed by atoms with van der Waals surface area (Å²) in [5.74, 6) is 0.0615. The third kappa shape index (κ3) is 3.71. The van der Waals surface area contributed by atoms with E-state index in [1.54, 1.807) is 24.3 Å². The van der Waals surface area contributed by atoms with E-state index in [4.69, 9.17) is 10.1 Å². The van der Waals surface area contributed by atoms with Crippen molar-refractivity contribution in [1.82, 2.24) is 5.48 Å². The minimum absolute atomic E-state index is 0.301. The van der Waals surface area contributed by atoms with Crippen molar-refractivity contribution in [2.75, 3.05) is 6.61 Å². The van der Waals surface area contributed by atoms with Gasteiger partial charge in [-0.15, -0.1) is 0 Å². The number of nitrogens with one attached hydrogen (secondary N) is 1. The molecular formula is C12H14N2O2. The van der Waals surface area contributed by atoms with Crippen LogP contribution < -0.4 is 5.48 Å². The largest absolute Gasteiger partial charge is 0.274 e. The highest BCUT2D eigenvalue weighted by molar-refractivity contribution is 5.93. The van der Waals surface area contributed by atoms with E-state index >= 15 is 0 Å². The van der Waals surface area contributed by atoms with Gasteiger partial charge in [0.25, 0.3) is 5.91 Å². The van der Waals surface area contributed by atoms with E-state index in [9.17, 15) is 4.79 Å². The van der Waals surface area contributed by atoms with Gasteiger partial charge in [-0.05, 0) is 30.2 Å². The summed E-state index contributed by atoms with van der Waals surface area (Å²) < 4.78 is 0. The van der Waals surface area contributed by atoms with Crippen LogP contribution in [0.1, 0.15) is 29.8 Å². The smallest absolute Gasteiger partial charge is 0.273 e. The Morgan fingerprint density at radius 2 is 2.06 bits per heavy atom. The van der Waals surface area contributed by atoms with Crippen molar-refractivity contribution in [1.29, 1.82) is 5.26 Å². The molecule has 1 N–H and O–H groups in total. The fourth-order valence-electron chi connectivity index (χ4n) is 1.03. The van der Waals surface area contributed by atoms with Crippen LogP contribution in [0.15, 0.2) is 24.3 Å². The molecule has 4 nitrogen and oxygen atoms in total. The third-order valence-electron chi connectivity index (χ3n) is 1.86. The van der Waals surface area contributed by atoms with Gasteiger partial charge in [0.15, 0.2) is 0 Å². The lowest BCUT2D eigenvalue weighted by Gasteiger charge is -2.07. The first kappa shape index (κ1) is 12.2. The van der Waals surface area contributed by atoms with Crippen LogP contribution in [0.5, 0.6) is 0 Å².